The molecule has 1 amide bonds. The minimum atomic E-state index is -0.499. The maximum Gasteiger partial charge on any atom is 0.263 e. The van der Waals surface area contributed by atoms with Gasteiger partial charge in [-0.15, -0.1) is 0 Å². The highest BCUT2D eigenvalue weighted by molar-refractivity contribution is 5.97. The average Bonchev–Trinajstić information content (AvgIpc) is 2.64. The number of phenols is 1. The molecule has 3 N–H and O–H groups in total. The van der Waals surface area contributed by atoms with E-state index in [1.165, 1.54) is 18.3 Å². The Morgan fingerprint density at radius 2 is 2.11 bits per heavy atom. The lowest BCUT2D eigenvalue weighted by molar-refractivity contribution is -0.117. The van der Waals surface area contributed by atoms with E-state index in [1.54, 1.807) is 12.1 Å². The van der Waals surface area contributed by atoms with E-state index in [2.05, 4.69) is 10.6 Å². The summed E-state index contributed by atoms with van der Waals surface area (Å²) in [6.45, 7) is 6.23. The molecule has 6 nitrogen and oxygen atoms in total. The molecule has 0 fully saturated rings. The summed E-state index contributed by atoms with van der Waals surface area (Å²) in [7, 11) is 0. The van der Waals surface area contributed by atoms with Crippen LogP contribution in [0.2, 0.25) is 0 Å². The zero-order valence-corrected chi connectivity index (χ0v) is 15.6. The number of aryl methyl sites for hydroxylation is 1. The van der Waals surface area contributed by atoms with E-state index in [-0.39, 0.29) is 17.4 Å². The largest absolute Gasteiger partial charge is 0.508 e. The molecule has 2 aromatic rings. The maximum absolute atomic E-state index is 12.5. The van der Waals surface area contributed by atoms with E-state index in [9.17, 15) is 15.2 Å². The third-order valence-corrected chi connectivity index (χ3v) is 3.87. The fourth-order valence-electron chi connectivity index (χ4n) is 2.55. The van der Waals surface area contributed by atoms with Crippen molar-refractivity contribution in [2.45, 2.75) is 26.8 Å². The molecule has 140 valence electrons. The van der Waals surface area contributed by atoms with Crippen molar-refractivity contribution < 1.29 is 14.6 Å². The highest BCUT2D eigenvalue weighted by Crippen LogP contribution is 2.26. The molecular weight excluding hydrogens is 342 g/mol. The molecule has 0 heterocycles. The Kier molecular flexibility index (Phi) is 6.84. The summed E-state index contributed by atoms with van der Waals surface area (Å²) in [6, 6.07) is 13.7. The number of nitriles is 1. The van der Waals surface area contributed by atoms with Gasteiger partial charge in [-0.3, -0.25) is 4.79 Å². The first-order valence-corrected chi connectivity index (χ1v) is 8.64. The molecule has 0 aliphatic carbocycles. The number of hydrogen-bond donors (Lipinski definition) is 3. The van der Waals surface area contributed by atoms with Gasteiger partial charge in [0.05, 0.1) is 12.6 Å². The molecule has 0 spiro atoms. The lowest BCUT2D eigenvalue weighted by Crippen LogP contribution is -2.28. The molecule has 0 radical (unpaired) electrons. The second-order valence-electron chi connectivity index (χ2n) is 6.03. The molecule has 6 heteroatoms. The van der Waals surface area contributed by atoms with Gasteiger partial charge in [-0.25, -0.2) is 0 Å². The SMILES string of the molecule is CCOc1ccc(C)cc1C(C)NC(=O)/C(C#N)=C\Nc1cccc(O)c1. The van der Waals surface area contributed by atoms with E-state index in [0.29, 0.717) is 18.0 Å². The molecule has 1 unspecified atom stereocenters. The van der Waals surface area contributed by atoms with Crippen molar-refractivity contribution in [2.24, 2.45) is 0 Å². The van der Waals surface area contributed by atoms with Crippen LogP contribution >= 0.6 is 0 Å². The van der Waals surface area contributed by atoms with Crippen LogP contribution in [0, 0.1) is 18.3 Å². The van der Waals surface area contributed by atoms with Crippen molar-refractivity contribution in [3.8, 4) is 17.6 Å². The maximum atomic E-state index is 12.5. The van der Waals surface area contributed by atoms with Crippen LogP contribution in [0.3, 0.4) is 0 Å². The first-order chi connectivity index (χ1) is 12.9. The average molecular weight is 365 g/mol. The van der Waals surface area contributed by atoms with Crippen molar-refractivity contribution >= 4 is 11.6 Å². The Labute approximate surface area is 159 Å². The van der Waals surface area contributed by atoms with E-state index in [0.717, 1.165) is 11.1 Å². The molecule has 0 aromatic heterocycles. The van der Waals surface area contributed by atoms with Crippen LogP contribution in [-0.4, -0.2) is 17.6 Å². The first kappa shape index (κ1) is 19.9. The Bertz CT molecular complexity index is 884. The van der Waals surface area contributed by atoms with E-state index < -0.39 is 5.91 Å². The summed E-state index contributed by atoms with van der Waals surface area (Å²) >= 11 is 0. The number of rotatable bonds is 7. The Morgan fingerprint density at radius 3 is 2.78 bits per heavy atom. The van der Waals surface area contributed by atoms with Crippen LogP contribution < -0.4 is 15.4 Å². The lowest BCUT2D eigenvalue weighted by atomic mass is 10.0. The van der Waals surface area contributed by atoms with Gasteiger partial charge in [-0.2, -0.15) is 5.26 Å². The van der Waals surface area contributed by atoms with Gasteiger partial charge in [0.2, 0.25) is 0 Å². The van der Waals surface area contributed by atoms with Crippen molar-refractivity contribution in [3.63, 3.8) is 0 Å². The Hall–Kier alpha value is -3.46. The van der Waals surface area contributed by atoms with Crippen LogP contribution in [0.15, 0.2) is 54.2 Å². The summed E-state index contributed by atoms with van der Waals surface area (Å²) < 4.78 is 5.63. The quantitative estimate of drug-likeness (QED) is 0.512. The van der Waals surface area contributed by atoms with Gasteiger partial charge in [0, 0.05) is 23.5 Å². The minimum absolute atomic E-state index is 0.0733. The topological polar surface area (TPSA) is 94.4 Å². The Balaban J connectivity index is 2.13. The molecule has 2 rings (SSSR count). The first-order valence-electron chi connectivity index (χ1n) is 8.64. The fraction of sp³-hybridized carbons (Fsp3) is 0.238. The number of carbonyl (C=O) groups is 1. The molecule has 0 aliphatic heterocycles. The van der Waals surface area contributed by atoms with E-state index in [4.69, 9.17) is 4.74 Å². The molecule has 0 bridgehead atoms. The van der Waals surface area contributed by atoms with Gasteiger partial charge in [-0.1, -0.05) is 23.8 Å². The van der Waals surface area contributed by atoms with Gasteiger partial charge in [0.25, 0.3) is 5.91 Å². The van der Waals surface area contributed by atoms with Gasteiger partial charge in [-0.05, 0) is 39.0 Å². The zero-order valence-electron chi connectivity index (χ0n) is 15.6. The molecule has 27 heavy (non-hydrogen) atoms. The van der Waals surface area contributed by atoms with Gasteiger partial charge < -0.3 is 20.5 Å². The van der Waals surface area contributed by atoms with Crippen LogP contribution in [0.5, 0.6) is 11.5 Å². The fourth-order valence-corrected chi connectivity index (χ4v) is 2.55. The molecular formula is C21H23N3O3. The highest BCUT2D eigenvalue weighted by atomic mass is 16.5. The van der Waals surface area contributed by atoms with Crippen LogP contribution in [0.25, 0.3) is 0 Å². The van der Waals surface area contributed by atoms with Crippen LogP contribution in [0.4, 0.5) is 5.69 Å². The second-order valence-corrected chi connectivity index (χ2v) is 6.03. The number of amides is 1. The predicted molar refractivity (Wildman–Crippen MR) is 104 cm³/mol. The van der Waals surface area contributed by atoms with E-state index >= 15 is 0 Å². The number of phenolic OH excluding ortho intramolecular Hbond substituents is 1. The number of ether oxygens (including phenoxy) is 1. The Morgan fingerprint density at radius 1 is 1.33 bits per heavy atom. The summed E-state index contributed by atoms with van der Waals surface area (Å²) in [5.41, 5.74) is 2.40. The lowest BCUT2D eigenvalue weighted by Gasteiger charge is -2.18. The van der Waals surface area contributed by atoms with Gasteiger partial charge >= 0.3 is 0 Å². The molecule has 2 aromatic carbocycles. The van der Waals surface area contributed by atoms with Crippen LogP contribution in [-0.2, 0) is 4.79 Å². The number of anilines is 1. The van der Waals surface area contributed by atoms with Crippen LogP contribution in [0.1, 0.15) is 31.0 Å². The second kappa shape index (κ2) is 9.30. The van der Waals surface area contributed by atoms with Gasteiger partial charge in [0.15, 0.2) is 0 Å². The predicted octanol–water partition coefficient (Wildman–Crippen LogP) is 3.80. The number of aromatic hydroxyl groups is 1. The molecule has 0 saturated heterocycles. The van der Waals surface area contributed by atoms with Crippen molar-refractivity contribution in [2.75, 3.05) is 11.9 Å². The summed E-state index contributed by atoms with van der Waals surface area (Å²) in [5.74, 6) is 0.297. The molecule has 0 saturated carbocycles. The third kappa shape index (κ3) is 5.51. The molecule has 1 atom stereocenters. The third-order valence-electron chi connectivity index (χ3n) is 3.87. The highest BCUT2D eigenvalue weighted by Gasteiger charge is 2.17. The van der Waals surface area contributed by atoms with Crippen molar-refractivity contribution in [1.29, 1.82) is 5.26 Å². The summed E-state index contributed by atoms with van der Waals surface area (Å²) in [5, 5.41) is 24.4. The summed E-state index contributed by atoms with van der Waals surface area (Å²) in [4.78, 5) is 12.5. The van der Waals surface area contributed by atoms with Crippen molar-refractivity contribution in [1.82, 2.24) is 5.32 Å². The minimum Gasteiger partial charge on any atom is -0.508 e. The number of benzene rings is 2. The zero-order chi connectivity index (χ0) is 19.8. The van der Waals surface area contributed by atoms with E-state index in [1.807, 2.05) is 45.0 Å². The number of carbonyl (C=O) groups excluding carboxylic acids is 1. The summed E-state index contributed by atoms with van der Waals surface area (Å²) in [6.07, 6.45) is 1.32. The van der Waals surface area contributed by atoms with Crippen molar-refractivity contribution in [3.05, 3.63) is 65.4 Å². The monoisotopic (exact) mass is 365 g/mol. The number of nitrogens with zero attached hydrogens (tertiary/aromatic N) is 1. The molecule has 0 aliphatic rings. The number of nitrogens with one attached hydrogen (secondary N) is 2. The smallest absolute Gasteiger partial charge is 0.263 e. The standard InChI is InChI=1S/C21H23N3O3/c1-4-27-20-9-8-14(2)10-19(20)15(3)24-21(26)16(12-22)13-23-17-6-5-7-18(25)11-17/h5-11,13,15,23,25H,4H2,1-3H3,(H,24,26)/b16-13-. The van der Waals surface area contributed by atoms with Gasteiger partial charge in [0.1, 0.15) is 23.1 Å². The number of hydrogen-bond acceptors (Lipinski definition) is 5. The normalized spacial score (nSPS) is 12.0.